The first-order valence-electron chi connectivity index (χ1n) is 9.45. The molecule has 0 unspecified atom stereocenters. The minimum Gasteiger partial charge on any atom is -0.338 e. The molecule has 1 aliphatic heterocycles. The minimum absolute atomic E-state index is 0.0217. The number of hydrogen-bond donors (Lipinski definition) is 1. The maximum Gasteiger partial charge on any atom is 0.241 e. The number of benzene rings is 2. The van der Waals surface area contributed by atoms with Crippen LogP contribution in [0.25, 0.3) is 11.4 Å². The smallest absolute Gasteiger partial charge is 0.241 e. The minimum atomic E-state index is -0.0217. The molecule has 29 heavy (non-hydrogen) atoms. The molecule has 1 saturated heterocycles. The normalized spacial score (nSPS) is 15.4. The summed E-state index contributed by atoms with van der Waals surface area (Å²) >= 11 is 12.2. The van der Waals surface area contributed by atoms with E-state index in [-0.39, 0.29) is 11.8 Å². The average molecular weight is 431 g/mol. The van der Waals surface area contributed by atoms with Gasteiger partial charge in [0, 0.05) is 22.2 Å². The number of carbonyl (C=O) groups excluding carboxylic acids is 1. The molecule has 3 aromatic rings. The Morgan fingerprint density at radius 2 is 1.93 bits per heavy atom. The Kier molecular flexibility index (Phi) is 6.13. The topological polar surface area (TPSA) is 71.3 Å². The number of halogens is 2. The Balaban J connectivity index is 1.30. The first kappa shape index (κ1) is 19.9. The highest BCUT2D eigenvalue weighted by atomic mass is 35.5. The van der Waals surface area contributed by atoms with Crippen LogP contribution in [0.1, 0.15) is 18.7 Å². The van der Waals surface area contributed by atoms with Crippen LogP contribution >= 0.6 is 23.2 Å². The summed E-state index contributed by atoms with van der Waals surface area (Å²) in [6.45, 7) is 2.13. The fourth-order valence-corrected chi connectivity index (χ4v) is 3.84. The van der Waals surface area contributed by atoms with Crippen molar-refractivity contribution in [2.45, 2.75) is 19.4 Å². The van der Waals surface area contributed by atoms with Gasteiger partial charge in [-0.1, -0.05) is 46.6 Å². The predicted molar refractivity (Wildman–Crippen MR) is 113 cm³/mol. The van der Waals surface area contributed by atoms with E-state index in [4.69, 9.17) is 27.7 Å². The average Bonchev–Trinajstić information content (AvgIpc) is 3.17. The predicted octanol–water partition coefficient (Wildman–Crippen LogP) is 4.89. The molecule has 1 N–H and O–H groups in total. The number of rotatable bonds is 5. The third-order valence-corrected chi connectivity index (χ3v) is 5.56. The lowest BCUT2D eigenvalue weighted by Gasteiger charge is -2.30. The number of hydrogen-bond acceptors (Lipinski definition) is 5. The van der Waals surface area contributed by atoms with Crippen molar-refractivity contribution >= 4 is 34.8 Å². The van der Waals surface area contributed by atoms with Gasteiger partial charge in [-0.15, -0.1) is 0 Å². The molecule has 0 radical (unpaired) electrons. The van der Waals surface area contributed by atoms with Crippen molar-refractivity contribution in [2.75, 3.05) is 18.4 Å². The zero-order chi connectivity index (χ0) is 20.2. The molecular formula is C21H20Cl2N4O2. The summed E-state index contributed by atoms with van der Waals surface area (Å²) < 4.78 is 5.39. The standard InChI is InChI=1S/C21H20Cl2N4O2/c22-15-4-3-5-16(12-15)24-21(28)14-8-10-27(11-9-14)13-19-25-20(26-29-19)17-6-1-2-7-18(17)23/h1-7,12,14H,8-11,13H2,(H,24,28). The third kappa shape index (κ3) is 4.96. The molecule has 2 heterocycles. The highest BCUT2D eigenvalue weighted by molar-refractivity contribution is 6.33. The molecule has 2 aromatic carbocycles. The Morgan fingerprint density at radius 1 is 1.14 bits per heavy atom. The second-order valence-corrected chi connectivity index (χ2v) is 7.89. The molecule has 0 saturated carbocycles. The van der Waals surface area contributed by atoms with Crippen molar-refractivity contribution in [2.24, 2.45) is 5.92 Å². The number of carbonyl (C=O) groups is 1. The highest BCUT2D eigenvalue weighted by Crippen LogP contribution is 2.26. The zero-order valence-corrected chi connectivity index (χ0v) is 17.2. The fraction of sp³-hybridized carbons (Fsp3) is 0.286. The number of likely N-dealkylation sites (tertiary alicyclic amines) is 1. The Labute approximate surface area is 178 Å². The summed E-state index contributed by atoms with van der Waals surface area (Å²) in [5, 5.41) is 8.18. The lowest BCUT2D eigenvalue weighted by molar-refractivity contribution is -0.121. The summed E-state index contributed by atoms with van der Waals surface area (Å²) in [5.41, 5.74) is 1.48. The first-order valence-corrected chi connectivity index (χ1v) is 10.2. The first-order chi connectivity index (χ1) is 14.1. The molecule has 6 nitrogen and oxygen atoms in total. The lowest BCUT2D eigenvalue weighted by atomic mass is 9.96. The Morgan fingerprint density at radius 3 is 2.69 bits per heavy atom. The van der Waals surface area contributed by atoms with Gasteiger partial charge in [0.15, 0.2) is 0 Å². The van der Waals surface area contributed by atoms with Gasteiger partial charge in [-0.2, -0.15) is 4.98 Å². The molecule has 150 valence electrons. The van der Waals surface area contributed by atoms with E-state index in [1.807, 2.05) is 30.3 Å². The molecule has 1 aliphatic rings. The van der Waals surface area contributed by atoms with E-state index < -0.39 is 0 Å². The van der Waals surface area contributed by atoms with Crippen LogP contribution in [0.2, 0.25) is 10.0 Å². The molecule has 0 atom stereocenters. The van der Waals surface area contributed by atoms with Crippen LogP contribution in [0, 0.1) is 5.92 Å². The maximum atomic E-state index is 12.5. The van der Waals surface area contributed by atoms with Crippen LogP contribution in [0.5, 0.6) is 0 Å². The molecule has 0 bridgehead atoms. The molecule has 0 aliphatic carbocycles. The quantitative estimate of drug-likeness (QED) is 0.623. The molecule has 1 amide bonds. The van der Waals surface area contributed by atoms with Crippen molar-refractivity contribution < 1.29 is 9.32 Å². The van der Waals surface area contributed by atoms with E-state index in [0.717, 1.165) is 37.2 Å². The largest absolute Gasteiger partial charge is 0.338 e. The highest BCUT2D eigenvalue weighted by Gasteiger charge is 2.26. The van der Waals surface area contributed by atoms with Crippen LogP contribution in [-0.2, 0) is 11.3 Å². The lowest BCUT2D eigenvalue weighted by Crippen LogP contribution is -2.37. The van der Waals surface area contributed by atoms with Gasteiger partial charge < -0.3 is 9.84 Å². The van der Waals surface area contributed by atoms with Crippen molar-refractivity contribution in [3.05, 3.63) is 64.5 Å². The van der Waals surface area contributed by atoms with Gasteiger partial charge >= 0.3 is 0 Å². The van der Waals surface area contributed by atoms with E-state index >= 15 is 0 Å². The number of amides is 1. The molecular weight excluding hydrogens is 411 g/mol. The van der Waals surface area contributed by atoms with Gasteiger partial charge in [0.25, 0.3) is 0 Å². The molecule has 8 heteroatoms. The SMILES string of the molecule is O=C(Nc1cccc(Cl)c1)C1CCN(Cc2nc(-c3ccccc3Cl)no2)CC1. The van der Waals surface area contributed by atoms with Crippen molar-refractivity contribution in [1.29, 1.82) is 0 Å². The third-order valence-electron chi connectivity index (χ3n) is 4.99. The van der Waals surface area contributed by atoms with Crippen LogP contribution < -0.4 is 5.32 Å². The number of aromatic nitrogens is 2. The molecule has 0 spiro atoms. The van der Waals surface area contributed by atoms with Gasteiger partial charge in [-0.3, -0.25) is 9.69 Å². The van der Waals surface area contributed by atoms with Crippen LogP contribution in [0.4, 0.5) is 5.69 Å². The number of nitrogens with one attached hydrogen (secondary N) is 1. The van der Waals surface area contributed by atoms with E-state index in [9.17, 15) is 4.79 Å². The van der Waals surface area contributed by atoms with E-state index in [2.05, 4.69) is 20.4 Å². The summed E-state index contributed by atoms with van der Waals surface area (Å²) in [6.07, 6.45) is 1.55. The van der Waals surface area contributed by atoms with E-state index in [1.165, 1.54) is 0 Å². The number of anilines is 1. The van der Waals surface area contributed by atoms with Crippen LogP contribution in [0.3, 0.4) is 0 Å². The number of piperidine rings is 1. The van der Waals surface area contributed by atoms with Gasteiger partial charge in [0.2, 0.25) is 17.6 Å². The number of nitrogens with zero attached hydrogens (tertiary/aromatic N) is 3. The monoisotopic (exact) mass is 430 g/mol. The fourth-order valence-electron chi connectivity index (χ4n) is 3.43. The summed E-state index contributed by atoms with van der Waals surface area (Å²) in [7, 11) is 0. The van der Waals surface area contributed by atoms with Crippen LogP contribution in [0.15, 0.2) is 53.1 Å². The van der Waals surface area contributed by atoms with Gasteiger partial charge in [-0.25, -0.2) is 0 Å². The van der Waals surface area contributed by atoms with Crippen molar-refractivity contribution in [3.8, 4) is 11.4 Å². The zero-order valence-electron chi connectivity index (χ0n) is 15.6. The molecule has 1 fully saturated rings. The summed E-state index contributed by atoms with van der Waals surface area (Å²) in [5.74, 6) is 1.04. The van der Waals surface area contributed by atoms with Crippen LogP contribution in [-0.4, -0.2) is 34.0 Å². The molecule has 4 rings (SSSR count). The van der Waals surface area contributed by atoms with Gasteiger partial charge in [0.1, 0.15) is 0 Å². The second-order valence-electron chi connectivity index (χ2n) is 7.04. The van der Waals surface area contributed by atoms with E-state index in [0.29, 0.717) is 28.3 Å². The summed E-state index contributed by atoms with van der Waals surface area (Å²) in [4.78, 5) is 19.2. The Bertz CT molecular complexity index is 1000. The van der Waals surface area contributed by atoms with E-state index in [1.54, 1.807) is 18.2 Å². The molecule has 1 aromatic heterocycles. The maximum absolute atomic E-state index is 12.5. The van der Waals surface area contributed by atoms with Gasteiger partial charge in [-0.05, 0) is 56.3 Å². The summed E-state index contributed by atoms with van der Waals surface area (Å²) in [6, 6.07) is 14.6. The van der Waals surface area contributed by atoms with Crippen molar-refractivity contribution in [1.82, 2.24) is 15.0 Å². The van der Waals surface area contributed by atoms with Crippen molar-refractivity contribution in [3.63, 3.8) is 0 Å². The van der Waals surface area contributed by atoms with Gasteiger partial charge in [0.05, 0.1) is 11.6 Å². The Hall–Kier alpha value is -2.41. The second kappa shape index (κ2) is 8.95.